The molecule has 0 saturated carbocycles. The average molecular weight is 703 g/mol. The third-order valence-corrected chi connectivity index (χ3v) is 8.21. The summed E-state index contributed by atoms with van der Waals surface area (Å²) in [4.78, 5) is 78.2. The van der Waals surface area contributed by atoms with Gasteiger partial charge in [0.2, 0.25) is 5.91 Å². The molecule has 0 spiro atoms. The van der Waals surface area contributed by atoms with E-state index < -0.39 is 40.5 Å². The van der Waals surface area contributed by atoms with Crippen LogP contribution in [0.25, 0.3) is 0 Å². The van der Waals surface area contributed by atoms with E-state index in [-0.39, 0.29) is 61.1 Å². The number of benzene rings is 3. The molecule has 16 nitrogen and oxygen atoms in total. The fourth-order valence-corrected chi connectivity index (χ4v) is 5.83. The monoisotopic (exact) mass is 702 g/mol. The molecule has 2 aliphatic rings. The van der Waals surface area contributed by atoms with Crippen LogP contribution in [0.2, 0.25) is 0 Å². The van der Waals surface area contributed by atoms with Crippen molar-refractivity contribution in [3.05, 3.63) is 87.0 Å². The van der Waals surface area contributed by atoms with Gasteiger partial charge in [-0.15, -0.1) is 0 Å². The summed E-state index contributed by atoms with van der Waals surface area (Å²) in [5.41, 5.74) is 1.83. The molecular formula is C35H38N6O10. The van der Waals surface area contributed by atoms with Crippen molar-refractivity contribution < 1.29 is 43.1 Å². The Kier molecular flexibility index (Phi) is 10.4. The number of nitro benzene ring substituents is 1. The Labute approximate surface area is 293 Å². The first-order chi connectivity index (χ1) is 24.2. The zero-order valence-electron chi connectivity index (χ0n) is 28.7. The summed E-state index contributed by atoms with van der Waals surface area (Å²) >= 11 is 0. The number of carbonyl (C=O) groups excluding carboxylic acids is 5. The number of nitrogens with zero attached hydrogens (tertiary/aromatic N) is 3. The zero-order chi connectivity index (χ0) is 37.0. The molecule has 0 aliphatic carbocycles. The molecule has 5 rings (SSSR count). The number of urea groups is 1. The predicted octanol–water partition coefficient (Wildman–Crippen LogP) is 4.95. The van der Waals surface area contributed by atoms with E-state index in [4.69, 9.17) is 14.2 Å². The first-order valence-electron chi connectivity index (χ1n) is 16.0. The first-order valence-corrected chi connectivity index (χ1v) is 16.0. The molecule has 16 heteroatoms. The Bertz CT molecular complexity index is 1890. The van der Waals surface area contributed by atoms with Crippen LogP contribution in [0.1, 0.15) is 60.7 Å². The van der Waals surface area contributed by atoms with Crippen molar-refractivity contribution in [2.45, 2.75) is 64.9 Å². The van der Waals surface area contributed by atoms with Crippen LogP contribution in [0, 0.1) is 10.1 Å². The standard InChI is InChI=1S/C35H38N6O10/c1-35(2,3)51-34(46)38-24-9-7-23(8-10-24)37-33(45)36-17-20-6-11-25-21(14-20)18-39(31(25)43)26-12-13-30(42)40(32(26)44)19-22-15-28(49-4)29(50-5)16-27(22)41(47)48/h6-11,14-16,26H,12-13,17-19H2,1-5H3,(H,38,46)(H2,36,37,45). The minimum absolute atomic E-state index is 0.0368. The lowest BCUT2D eigenvalue weighted by Gasteiger charge is -2.35. The molecule has 1 saturated heterocycles. The van der Waals surface area contributed by atoms with E-state index in [2.05, 4.69) is 16.0 Å². The quantitative estimate of drug-likeness (QED) is 0.148. The van der Waals surface area contributed by atoms with Crippen molar-refractivity contribution in [2.24, 2.45) is 0 Å². The second-order valence-electron chi connectivity index (χ2n) is 12.9. The molecule has 1 unspecified atom stereocenters. The van der Waals surface area contributed by atoms with E-state index in [1.54, 1.807) is 63.2 Å². The number of carbonyl (C=O) groups is 5. The van der Waals surface area contributed by atoms with Crippen molar-refractivity contribution in [3.8, 4) is 11.5 Å². The van der Waals surface area contributed by atoms with Crippen LogP contribution in [0.3, 0.4) is 0 Å². The van der Waals surface area contributed by atoms with Gasteiger partial charge in [-0.25, -0.2) is 9.59 Å². The molecule has 2 aliphatic heterocycles. The van der Waals surface area contributed by atoms with E-state index in [0.29, 0.717) is 28.1 Å². The number of hydrogen-bond donors (Lipinski definition) is 3. The van der Waals surface area contributed by atoms with Gasteiger partial charge >= 0.3 is 12.1 Å². The molecule has 3 N–H and O–H groups in total. The molecule has 0 bridgehead atoms. The third-order valence-electron chi connectivity index (χ3n) is 8.21. The van der Waals surface area contributed by atoms with Crippen LogP contribution in [0.4, 0.5) is 26.7 Å². The number of anilines is 2. The number of likely N-dealkylation sites (tertiary alicyclic amines) is 1. The van der Waals surface area contributed by atoms with E-state index >= 15 is 0 Å². The number of methoxy groups -OCH3 is 2. The van der Waals surface area contributed by atoms with Crippen LogP contribution in [-0.4, -0.2) is 70.4 Å². The number of imide groups is 1. The topological polar surface area (TPSA) is 199 Å². The van der Waals surface area contributed by atoms with Gasteiger partial charge in [0, 0.05) is 36.4 Å². The zero-order valence-corrected chi connectivity index (χ0v) is 28.7. The summed E-state index contributed by atoms with van der Waals surface area (Å²) in [6.45, 7) is 5.14. The number of ether oxygens (including phenoxy) is 3. The van der Waals surface area contributed by atoms with Crippen LogP contribution in [-0.2, 0) is 34.0 Å². The molecule has 1 fully saturated rings. The lowest BCUT2D eigenvalue weighted by molar-refractivity contribution is -0.385. The van der Waals surface area contributed by atoms with Crippen LogP contribution in [0.5, 0.6) is 11.5 Å². The van der Waals surface area contributed by atoms with Crippen molar-refractivity contribution in [1.29, 1.82) is 0 Å². The van der Waals surface area contributed by atoms with Gasteiger partial charge in [-0.3, -0.25) is 34.7 Å². The highest BCUT2D eigenvalue weighted by Gasteiger charge is 2.43. The predicted molar refractivity (Wildman–Crippen MR) is 183 cm³/mol. The smallest absolute Gasteiger partial charge is 0.412 e. The normalized spacial score (nSPS) is 15.6. The first kappa shape index (κ1) is 36.1. The summed E-state index contributed by atoms with van der Waals surface area (Å²) in [6, 6.07) is 12.7. The number of fused-ring (bicyclic) bond motifs is 1. The summed E-state index contributed by atoms with van der Waals surface area (Å²) in [7, 11) is 2.70. The Morgan fingerprint density at radius 3 is 2.22 bits per heavy atom. The van der Waals surface area contributed by atoms with Gasteiger partial charge in [0.25, 0.3) is 17.5 Å². The molecule has 1 atom stereocenters. The van der Waals surface area contributed by atoms with Gasteiger partial charge in [0.05, 0.1) is 37.3 Å². The molecule has 2 heterocycles. The van der Waals surface area contributed by atoms with Gasteiger partial charge in [-0.2, -0.15) is 0 Å². The number of nitro groups is 1. The number of amides is 6. The Hall–Kier alpha value is -6.19. The number of nitrogens with one attached hydrogen (secondary N) is 3. The van der Waals surface area contributed by atoms with Crippen molar-refractivity contribution in [3.63, 3.8) is 0 Å². The third kappa shape index (κ3) is 8.34. The molecule has 51 heavy (non-hydrogen) atoms. The van der Waals surface area contributed by atoms with E-state index in [0.717, 1.165) is 4.90 Å². The molecule has 0 radical (unpaired) electrons. The van der Waals surface area contributed by atoms with Crippen LogP contribution in [0.15, 0.2) is 54.6 Å². The van der Waals surface area contributed by atoms with Gasteiger partial charge in [-0.1, -0.05) is 12.1 Å². The summed E-state index contributed by atoms with van der Waals surface area (Å²) in [5.74, 6) is -1.20. The fourth-order valence-electron chi connectivity index (χ4n) is 5.83. The highest BCUT2D eigenvalue weighted by atomic mass is 16.6. The summed E-state index contributed by atoms with van der Waals surface area (Å²) < 4.78 is 15.7. The summed E-state index contributed by atoms with van der Waals surface area (Å²) in [5, 5.41) is 19.9. The number of piperidine rings is 1. The highest BCUT2D eigenvalue weighted by Crippen LogP contribution is 2.36. The fraction of sp³-hybridized carbons (Fsp3) is 0.343. The summed E-state index contributed by atoms with van der Waals surface area (Å²) in [6.07, 6.45) is -0.527. The molecule has 3 aromatic carbocycles. The van der Waals surface area contributed by atoms with E-state index in [1.165, 1.54) is 31.3 Å². The Morgan fingerprint density at radius 2 is 1.59 bits per heavy atom. The van der Waals surface area contributed by atoms with Crippen LogP contribution >= 0.6 is 0 Å². The lowest BCUT2D eigenvalue weighted by atomic mass is 10.0. The minimum Gasteiger partial charge on any atom is -0.493 e. The van der Waals surface area contributed by atoms with Gasteiger partial charge < -0.3 is 29.7 Å². The van der Waals surface area contributed by atoms with Crippen molar-refractivity contribution in [1.82, 2.24) is 15.1 Å². The van der Waals surface area contributed by atoms with Gasteiger partial charge in [0.15, 0.2) is 11.5 Å². The van der Waals surface area contributed by atoms with E-state index in [9.17, 15) is 34.1 Å². The Balaban J connectivity index is 1.20. The minimum atomic E-state index is -0.958. The molecule has 0 aromatic heterocycles. The SMILES string of the molecule is COc1cc(CN2C(=O)CCC(N3Cc4cc(CNC(=O)Nc5ccc(NC(=O)OC(C)(C)C)cc5)ccc4C3=O)C2=O)c([N+](=O)[O-])cc1OC. The average Bonchev–Trinajstić information content (AvgIpc) is 3.40. The van der Waals surface area contributed by atoms with Crippen molar-refractivity contribution in [2.75, 3.05) is 24.9 Å². The second kappa shape index (κ2) is 14.7. The largest absolute Gasteiger partial charge is 0.493 e. The van der Waals surface area contributed by atoms with Crippen LogP contribution < -0.4 is 25.4 Å². The maximum absolute atomic E-state index is 13.7. The molecule has 3 aromatic rings. The number of rotatable bonds is 10. The maximum atomic E-state index is 13.7. The van der Waals surface area contributed by atoms with E-state index in [1.807, 2.05) is 0 Å². The van der Waals surface area contributed by atoms with Gasteiger partial charge in [0.1, 0.15) is 11.6 Å². The van der Waals surface area contributed by atoms with Crippen molar-refractivity contribution >= 4 is 46.9 Å². The lowest BCUT2D eigenvalue weighted by Crippen LogP contribution is -2.54. The number of hydrogen-bond acceptors (Lipinski definition) is 10. The molecule has 268 valence electrons. The highest BCUT2D eigenvalue weighted by molar-refractivity contribution is 6.05. The molecular weight excluding hydrogens is 664 g/mol. The second-order valence-corrected chi connectivity index (χ2v) is 12.9. The van der Waals surface area contributed by atoms with Gasteiger partial charge in [-0.05, 0) is 74.7 Å². The maximum Gasteiger partial charge on any atom is 0.412 e. The molecule has 6 amide bonds. The Morgan fingerprint density at radius 1 is 0.941 bits per heavy atom.